The highest BCUT2D eigenvalue weighted by atomic mass is 19.3. The van der Waals surface area contributed by atoms with Crippen molar-refractivity contribution in [2.24, 2.45) is 0 Å². The second kappa shape index (κ2) is 4.37. The molecule has 0 spiro atoms. The summed E-state index contributed by atoms with van der Waals surface area (Å²) in [6.45, 7) is 0. The molecule has 0 unspecified atom stereocenters. The molecule has 1 heterocycles. The van der Waals surface area contributed by atoms with Gasteiger partial charge in [-0.25, -0.2) is 4.79 Å². The van der Waals surface area contributed by atoms with E-state index in [9.17, 15) is 22.4 Å². The number of ether oxygens (including phenoxy) is 2. The Kier molecular flexibility index (Phi) is 3.35. The van der Waals surface area contributed by atoms with E-state index >= 15 is 0 Å². The number of alkyl halides is 4. The number of hydrogen-bond acceptors (Lipinski definition) is 5. The molecular weight excluding hydrogens is 238 g/mol. The molecule has 0 aliphatic carbocycles. The smallest absolute Gasteiger partial charge is 0.462 e. The zero-order chi connectivity index (χ0) is 12.3. The molecule has 0 atom stereocenters. The number of hydrogen-bond donors (Lipinski definition) is 0. The van der Waals surface area contributed by atoms with Gasteiger partial charge in [0.15, 0.2) is 0 Å². The van der Waals surface area contributed by atoms with Crippen molar-refractivity contribution in [2.75, 3.05) is 7.11 Å². The van der Waals surface area contributed by atoms with E-state index in [0.29, 0.717) is 6.07 Å². The SMILES string of the molecule is COC(=O)c1cc(OC(F)(F)C(F)F)no1. The van der Waals surface area contributed by atoms with Crippen molar-refractivity contribution in [3.8, 4) is 5.88 Å². The van der Waals surface area contributed by atoms with Crippen LogP contribution in [-0.2, 0) is 4.74 Å². The third-order valence-electron chi connectivity index (χ3n) is 1.37. The van der Waals surface area contributed by atoms with E-state index in [2.05, 4.69) is 19.2 Å². The first-order valence-electron chi connectivity index (χ1n) is 3.77. The molecule has 0 saturated heterocycles. The number of rotatable bonds is 4. The summed E-state index contributed by atoms with van der Waals surface area (Å²) in [4.78, 5) is 10.8. The quantitative estimate of drug-likeness (QED) is 0.594. The van der Waals surface area contributed by atoms with Crippen LogP contribution in [-0.4, -0.2) is 30.8 Å². The Morgan fingerprint density at radius 3 is 2.69 bits per heavy atom. The van der Waals surface area contributed by atoms with Gasteiger partial charge in [0.1, 0.15) is 0 Å². The van der Waals surface area contributed by atoms with E-state index in [0.717, 1.165) is 7.11 Å². The molecule has 0 N–H and O–H groups in total. The van der Waals surface area contributed by atoms with Crippen LogP contribution in [0.15, 0.2) is 10.6 Å². The van der Waals surface area contributed by atoms with E-state index in [1.54, 1.807) is 0 Å². The number of esters is 1. The highest BCUT2D eigenvalue weighted by molar-refractivity contribution is 5.86. The van der Waals surface area contributed by atoms with Gasteiger partial charge in [0.25, 0.3) is 5.88 Å². The van der Waals surface area contributed by atoms with Crippen molar-refractivity contribution in [2.45, 2.75) is 12.5 Å². The van der Waals surface area contributed by atoms with Crippen LogP contribution in [0.2, 0.25) is 0 Å². The minimum Gasteiger partial charge on any atom is -0.463 e. The van der Waals surface area contributed by atoms with E-state index in [-0.39, 0.29) is 0 Å². The number of nitrogens with zero attached hydrogens (tertiary/aromatic N) is 1. The zero-order valence-corrected chi connectivity index (χ0v) is 7.75. The Bertz CT molecular complexity index is 378. The largest absolute Gasteiger partial charge is 0.463 e. The Balaban J connectivity index is 2.76. The van der Waals surface area contributed by atoms with Crippen LogP contribution >= 0.6 is 0 Å². The predicted octanol–water partition coefficient (Wildman–Crippen LogP) is 1.70. The summed E-state index contributed by atoms with van der Waals surface area (Å²) in [5, 5.41) is 2.84. The van der Waals surface area contributed by atoms with Gasteiger partial charge in [-0.3, -0.25) is 0 Å². The van der Waals surface area contributed by atoms with Crippen LogP contribution < -0.4 is 4.74 Å². The van der Waals surface area contributed by atoms with Gasteiger partial charge in [-0.05, 0) is 5.16 Å². The first-order chi connectivity index (χ1) is 7.36. The van der Waals surface area contributed by atoms with Crippen LogP contribution in [0, 0.1) is 0 Å². The van der Waals surface area contributed by atoms with Gasteiger partial charge in [-0.1, -0.05) is 0 Å². The molecule has 16 heavy (non-hydrogen) atoms. The van der Waals surface area contributed by atoms with Gasteiger partial charge in [-0.15, -0.1) is 0 Å². The second-order valence-corrected chi connectivity index (χ2v) is 2.49. The van der Waals surface area contributed by atoms with E-state index in [1.165, 1.54) is 0 Å². The average molecular weight is 243 g/mol. The van der Waals surface area contributed by atoms with Crippen LogP contribution in [0.4, 0.5) is 17.6 Å². The predicted molar refractivity (Wildman–Crippen MR) is 39.4 cm³/mol. The molecule has 0 aromatic carbocycles. The Morgan fingerprint density at radius 1 is 1.56 bits per heavy atom. The Hall–Kier alpha value is -1.80. The third kappa shape index (κ3) is 2.61. The summed E-state index contributed by atoms with van der Waals surface area (Å²) in [6.07, 6.45) is -8.73. The van der Waals surface area contributed by atoms with Crippen LogP contribution in [0.5, 0.6) is 5.88 Å². The number of methoxy groups -OCH3 is 1. The fourth-order valence-electron chi connectivity index (χ4n) is 0.688. The van der Waals surface area contributed by atoms with Gasteiger partial charge in [-0.2, -0.15) is 17.6 Å². The average Bonchev–Trinajstić information content (AvgIpc) is 2.64. The number of carbonyl (C=O) groups is 1. The molecule has 90 valence electrons. The summed E-state index contributed by atoms with van der Waals surface area (Å²) < 4.78 is 60.0. The van der Waals surface area contributed by atoms with Gasteiger partial charge in [0.05, 0.1) is 13.2 Å². The second-order valence-electron chi connectivity index (χ2n) is 2.49. The summed E-state index contributed by atoms with van der Waals surface area (Å²) >= 11 is 0. The molecule has 1 aromatic rings. The van der Waals surface area contributed by atoms with Gasteiger partial charge >= 0.3 is 18.5 Å². The van der Waals surface area contributed by atoms with Crippen molar-refractivity contribution in [3.05, 3.63) is 11.8 Å². The lowest BCUT2D eigenvalue weighted by molar-refractivity contribution is -0.255. The lowest BCUT2D eigenvalue weighted by atomic mass is 10.4. The van der Waals surface area contributed by atoms with Crippen molar-refractivity contribution in [1.29, 1.82) is 0 Å². The summed E-state index contributed by atoms with van der Waals surface area (Å²) in [7, 11) is 1.01. The van der Waals surface area contributed by atoms with E-state index < -0.39 is 30.1 Å². The summed E-state index contributed by atoms with van der Waals surface area (Å²) in [5.41, 5.74) is 0. The topological polar surface area (TPSA) is 61.6 Å². The maximum absolute atomic E-state index is 12.4. The summed E-state index contributed by atoms with van der Waals surface area (Å²) in [5.74, 6) is -2.48. The lowest BCUT2D eigenvalue weighted by Crippen LogP contribution is -2.33. The third-order valence-corrected chi connectivity index (χ3v) is 1.37. The maximum Gasteiger partial charge on any atom is 0.462 e. The molecule has 1 rings (SSSR count). The molecule has 5 nitrogen and oxygen atoms in total. The summed E-state index contributed by atoms with van der Waals surface area (Å²) in [6, 6.07) is 0.613. The highest BCUT2D eigenvalue weighted by Gasteiger charge is 2.44. The maximum atomic E-state index is 12.4. The lowest BCUT2D eigenvalue weighted by Gasteiger charge is -2.13. The molecule has 0 aliphatic rings. The minimum atomic E-state index is -4.70. The van der Waals surface area contributed by atoms with Crippen LogP contribution in [0.1, 0.15) is 10.6 Å². The van der Waals surface area contributed by atoms with E-state index in [1.807, 2.05) is 0 Å². The minimum absolute atomic E-state index is 0.539. The van der Waals surface area contributed by atoms with Crippen molar-refractivity contribution >= 4 is 5.97 Å². The van der Waals surface area contributed by atoms with Crippen LogP contribution in [0.25, 0.3) is 0 Å². The van der Waals surface area contributed by atoms with Crippen molar-refractivity contribution in [3.63, 3.8) is 0 Å². The monoisotopic (exact) mass is 243 g/mol. The zero-order valence-electron chi connectivity index (χ0n) is 7.75. The normalized spacial score (nSPS) is 11.6. The molecule has 9 heteroatoms. The molecule has 0 saturated carbocycles. The van der Waals surface area contributed by atoms with E-state index in [4.69, 9.17) is 0 Å². The first kappa shape index (κ1) is 12.3. The van der Waals surface area contributed by atoms with Gasteiger partial charge in [0.2, 0.25) is 5.76 Å². The Morgan fingerprint density at radius 2 is 2.19 bits per heavy atom. The standard InChI is InChI=1S/C7H5F4NO4/c1-14-5(13)3-2-4(12-16-3)15-7(10,11)6(8)9/h2,6H,1H3. The molecule has 0 radical (unpaired) electrons. The molecule has 1 aromatic heterocycles. The van der Waals surface area contributed by atoms with Gasteiger partial charge in [0, 0.05) is 0 Å². The molecule has 0 fully saturated rings. The molecular formula is C7H5F4NO4. The molecule has 0 amide bonds. The fraction of sp³-hybridized carbons (Fsp3) is 0.429. The highest BCUT2D eigenvalue weighted by Crippen LogP contribution is 2.27. The van der Waals surface area contributed by atoms with Gasteiger partial charge < -0.3 is 14.0 Å². The molecule has 0 aliphatic heterocycles. The Labute approximate surface area is 85.9 Å². The van der Waals surface area contributed by atoms with Crippen molar-refractivity contribution < 1.29 is 36.4 Å². The fourth-order valence-corrected chi connectivity index (χ4v) is 0.688. The van der Waals surface area contributed by atoms with Crippen molar-refractivity contribution in [1.82, 2.24) is 5.16 Å². The number of halogens is 4. The van der Waals surface area contributed by atoms with Crippen LogP contribution in [0.3, 0.4) is 0 Å². The number of aromatic nitrogens is 1. The number of carbonyl (C=O) groups excluding carboxylic acids is 1. The first-order valence-corrected chi connectivity index (χ1v) is 3.77. The molecule has 0 bridgehead atoms.